The lowest BCUT2D eigenvalue weighted by Crippen LogP contribution is -2.46. The molecule has 1 N–H and O–H groups in total. The van der Waals surface area contributed by atoms with Crippen LogP contribution in [0.3, 0.4) is 0 Å². The lowest BCUT2D eigenvalue weighted by molar-refractivity contribution is -0.149. The average molecular weight is 254 g/mol. The van der Waals surface area contributed by atoms with E-state index in [0.29, 0.717) is 18.9 Å². The molecule has 2 rings (SSSR count). The Morgan fingerprint density at radius 2 is 2.17 bits per heavy atom. The second-order valence-electron chi connectivity index (χ2n) is 5.64. The zero-order valence-electron chi connectivity index (χ0n) is 11.0. The van der Waals surface area contributed by atoms with Gasteiger partial charge in [-0.25, -0.2) is 0 Å². The van der Waals surface area contributed by atoms with Crippen LogP contribution >= 0.6 is 0 Å². The van der Waals surface area contributed by atoms with Gasteiger partial charge in [0.05, 0.1) is 5.92 Å². The molecule has 0 aromatic carbocycles. The number of piperidine rings is 2. The third kappa shape index (κ3) is 3.22. The summed E-state index contributed by atoms with van der Waals surface area (Å²) in [7, 11) is 2.12. The van der Waals surface area contributed by atoms with Gasteiger partial charge in [0.2, 0.25) is 5.91 Å². The molecule has 2 saturated heterocycles. The van der Waals surface area contributed by atoms with E-state index in [9.17, 15) is 9.59 Å². The van der Waals surface area contributed by atoms with Gasteiger partial charge in [0.15, 0.2) is 0 Å². The van der Waals surface area contributed by atoms with Gasteiger partial charge in [-0.1, -0.05) is 0 Å². The van der Waals surface area contributed by atoms with Crippen molar-refractivity contribution in [2.75, 3.05) is 33.2 Å². The second-order valence-corrected chi connectivity index (χ2v) is 5.64. The molecule has 0 aromatic rings. The summed E-state index contributed by atoms with van der Waals surface area (Å²) in [4.78, 5) is 26.9. The van der Waals surface area contributed by atoms with Crippen LogP contribution in [0.5, 0.6) is 0 Å². The van der Waals surface area contributed by atoms with Crippen LogP contribution < -0.4 is 0 Å². The lowest BCUT2D eigenvalue weighted by atomic mass is 9.93. The molecule has 0 spiro atoms. The van der Waals surface area contributed by atoms with Crippen molar-refractivity contribution in [2.45, 2.75) is 25.7 Å². The average Bonchev–Trinajstić information content (AvgIpc) is 2.31. The third-order valence-corrected chi connectivity index (χ3v) is 4.07. The fraction of sp³-hybridized carbons (Fsp3) is 0.846. The SMILES string of the molecule is CN1CCCC(CN2CCC(C(=O)O)CC2=O)C1. The van der Waals surface area contributed by atoms with E-state index >= 15 is 0 Å². The quantitative estimate of drug-likeness (QED) is 0.803. The highest BCUT2D eigenvalue weighted by molar-refractivity contribution is 5.83. The lowest BCUT2D eigenvalue weighted by Gasteiger charge is -2.36. The van der Waals surface area contributed by atoms with Gasteiger partial charge in [-0.3, -0.25) is 9.59 Å². The first kappa shape index (κ1) is 13.3. The molecule has 0 bridgehead atoms. The van der Waals surface area contributed by atoms with E-state index in [4.69, 9.17) is 5.11 Å². The summed E-state index contributed by atoms with van der Waals surface area (Å²) in [5.74, 6) is -0.737. The molecule has 2 heterocycles. The predicted octanol–water partition coefficient (Wildman–Crippen LogP) is 0.651. The van der Waals surface area contributed by atoms with Crippen LogP contribution in [0.15, 0.2) is 0 Å². The van der Waals surface area contributed by atoms with Crippen molar-refractivity contribution in [1.29, 1.82) is 0 Å². The predicted molar refractivity (Wildman–Crippen MR) is 67.2 cm³/mol. The molecule has 5 nitrogen and oxygen atoms in total. The molecule has 2 fully saturated rings. The summed E-state index contributed by atoms with van der Waals surface area (Å²) < 4.78 is 0. The zero-order chi connectivity index (χ0) is 13.1. The summed E-state index contributed by atoms with van der Waals surface area (Å²) in [6, 6.07) is 0. The van der Waals surface area contributed by atoms with Crippen molar-refractivity contribution in [3.05, 3.63) is 0 Å². The Hall–Kier alpha value is -1.10. The number of likely N-dealkylation sites (tertiary alicyclic amines) is 2. The number of amides is 1. The van der Waals surface area contributed by atoms with Crippen LogP contribution in [0.25, 0.3) is 0 Å². The van der Waals surface area contributed by atoms with Crippen LogP contribution in [0, 0.1) is 11.8 Å². The maximum Gasteiger partial charge on any atom is 0.307 e. The standard InChI is InChI=1S/C13H22N2O3/c1-14-5-2-3-10(8-14)9-15-6-4-11(13(17)18)7-12(15)16/h10-11H,2-9H2,1H3,(H,17,18). The highest BCUT2D eigenvalue weighted by atomic mass is 16.4. The number of nitrogens with zero attached hydrogens (tertiary/aromatic N) is 2. The van der Waals surface area contributed by atoms with Crippen molar-refractivity contribution in [2.24, 2.45) is 11.8 Å². The van der Waals surface area contributed by atoms with Crippen molar-refractivity contribution in [3.8, 4) is 0 Å². The molecule has 18 heavy (non-hydrogen) atoms. The van der Waals surface area contributed by atoms with E-state index in [-0.39, 0.29) is 12.3 Å². The fourth-order valence-electron chi connectivity index (χ4n) is 3.02. The highest BCUT2D eigenvalue weighted by Gasteiger charge is 2.31. The van der Waals surface area contributed by atoms with Crippen molar-refractivity contribution >= 4 is 11.9 Å². The van der Waals surface area contributed by atoms with E-state index in [2.05, 4.69) is 11.9 Å². The molecular formula is C13H22N2O3. The van der Waals surface area contributed by atoms with Crippen LogP contribution in [0.4, 0.5) is 0 Å². The van der Waals surface area contributed by atoms with E-state index in [1.807, 2.05) is 4.90 Å². The molecule has 0 radical (unpaired) electrons. The minimum Gasteiger partial charge on any atom is -0.481 e. The molecule has 5 heteroatoms. The number of carbonyl (C=O) groups excluding carboxylic acids is 1. The molecule has 2 aliphatic heterocycles. The van der Waals surface area contributed by atoms with Crippen LogP contribution in [0.1, 0.15) is 25.7 Å². The Bertz CT molecular complexity index is 332. The Balaban J connectivity index is 1.83. The minimum atomic E-state index is -0.833. The molecule has 0 saturated carbocycles. The van der Waals surface area contributed by atoms with Crippen LogP contribution in [-0.4, -0.2) is 60.0 Å². The molecule has 0 aromatic heterocycles. The van der Waals surface area contributed by atoms with Gasteiger partial charge in [-0.05, 0) is 38.8 Å². The number of rotatable bonds is 3. The largest absolute Gasteiger partial charge is 0.481 e. The van der Waals surface area contributed by atoms with Gasteiger partial charge in [0, 0.05) is 26.1 Å². The minimum absolute atomic E-state index is 0.0156. The number of hydrogen-bond acceptors (Lipinski definition) is 3. The Morgan fingerprint density at radius 3 is 2.78 bits per heavy atom. The van der Waals surface area contributed by atoms with Gasteiger partial charge in [-0.15, -0.1) is 0 Å². The second kappa shape index (κ2) is 5.69. The molecule has 0 aliphatic carbocycles. The van der Waals surface area contributed by atoms with E-state index in [1.165, 1.54) is 12.8 Å². The Labute approximate surface area is 108 Å². The molecule has 2 aliphatic rings. The van der Waals surface area contributed by atoms with E-state index < -0.39 is 11.9 Å². The Kier molecular flexibility index (Phi) is 4.22. The fourth-order valence-corrected chi connectivity index (χ4v) is 3.02. The summed E-state index contributed by atoms with van der Waals surface area (Å²) in [6.07, 6.45) is 3.15. The summed E-state index contributed by atoms with van der Waals surface area (Å²) in [6.45, 7) is 3.60. The molecule has 2 atom stereocenters. The van der Waals surface area contributed by atoms with Crippen LogP contribution in [0.2, 0.25) is 0 Å². The zero-order valence-corrected chi connectivity index (χ0v) is 11.0. The van der Waals surface area contributed by atoms with Crippen LogP contribution in [-0.2, 0) is 9.59 Å². The summed E-state index contributed by atoms with van der Waals surface area (Å²) in [5.41, 5.74) is 0. The maximum absolute atomic E-state index is 11.9. The molecule has 2 unspecified atom stereocenters. The normalized spacial score (nSPS) is 30.5. The molecule has 1 amide bonds. The summed E-state index contributed by atoms with van der Waals surface area (Å²) >= 11 is 0. The third-order valence-electron chi connectivity index (χ3n) is 4.07. The van der Waals surface area contributed by atoms with E-state index in [0.717, 1.165) is 19.6 Å². The first-order valence-electron chi connectivity index (χ1n) is 6.75. The van der Waals surface area contributed by atoms with Gasteiger partial charge in [0.25, 0.3) is 0 Å². The van der Waals surface area contributed by atoms with Crippen molar-refractivity contribution in [3.63, 3.8) is 0 Å². The number of hydrogen-bond donors (Lipinski definition) is 1. The van der Waals surface area contributed by atoms with Crippen molar-refractivity contribution in [1.82, 2.24) is 9.80 Å². The van der Waals surface area contributed by atoms with Gasteiger partial charge in [0.1, 0.15) is 0 Å². The first-order valence-corrected chi connectivity index (χ1v) is 6.75. The number of carboxylic acid groups (broad SMARTS) is 1. The number of carboxylic acids is 1. The topological polar surface area (TPSA) is 60.9 Å². The molecule has 102 valence electrons. The van der Waals surface area contributed by atoms with Crippen molar-refractivity contribution < 1.29 is 14.7 Å². The Morgan fingerprint density at radius 1 is 1.39 bits per heavy atom. The number of carbonyl (C=O) groups is 2. The van der Waals surface area contributed by atoms with E-state index in [1.54, 1.807) is 0 Å². The smallest absolute Gasteiger partial charge is 0.307 e. The monoisotopic (exact) mass is 254 g/mol. The maximum atomic E-state index is 11.9. The van der Waals surface area contributed by atoms with Gasteiger partial charge >= 0.3 is 5.97 Å². The van der Waals surface area contributed by atoms with Gasteiger partial charge < -0.3 is 14.9 Å². The highest BCUT2D eigenvalue weighted by Crippen LogP contribution is 2.22. The first-order chi connectivity index (χ1) is 8.56. The number of aliphatic carboxylic acids is 1. The summed E-state index contributed by atoms with van der Waals surface area (Å²) in [5, 5.41) is 8.92. The van der Waals surface area contributed by atoms with Gasteiger partial charge in [-0.2, -0.15) is 0 Å². The molecular weight excluding hydrogens is 232 g/mol.